The van der Waals surface area contributed by atoms with Crippen molar-refractivity contribution in [1.29, 1.82) is 0 Å². The SMILES string of the molecule is Cc1nn(Cc2ccccc2Cl)c(C)c1C(C)N. The van der Waals surface area contributed by atoms with Gasteiger partial charge < -0.3 is 5.73 Å². The highest BCUT2D eigenvalue weighted by Gasteiger charge is 2.15. The Kier molecular flexibility index (Phi) is 3.73. The van der Waals surface area contributed by atoms with E-state index in [2.05, 4.69) is 12.0 Å². The number of aromatic nitrogens is 2. The summed E-state index contributed by atoms with van der Waals surface area (Å²) in [7, 11) is 0. The van der Waals surface area contributed by atoms with Crippen molar-refractivity contribution in [3.05, 3.63) is 51.8 Å². The molecule has 1 atom stereocenters. The van der Waals surface area contributed by atoms with Gasteiger partial charge in [-0.1, -0.05) is 29.8 Å². The Morgan fingerprint density at radius 3 is 2.56 bits per heavy atom. The van der Waals surface area contributed by atoms with Gasteiger partial charge in [-0.25, -0.2) is 0 Å². The van der Waals surface area contributed by atoms with E-state index < -0.39 is 0 Å². The maximum Gasteiger partial charge on any atom is 0.0677 e. The zero-order valence-corrected chi connectivity index (χ0v) is 11.7. The van der Waals surface area contributed by atoms with E-state index in [1.165, 1.54) is 0 Å². The molecule has 4 heteroatoms. The predicted octanol–water partition coefficient (Wildman–Crippen LogP) is 3.22. The zero-order chi connectivity index (χ0) is 13.3. The highest BCUT2D eigenvalue weighted by molar-refractivity contribution is 6.31. The molecule has 2 N–H and O–H groups in total. The summed E-state index contributed by atoms with van der Waals surface area (Å²) in [6.07, 6.45) is 0. The Bertz CT molecular complexity index is 558. The topological polar surface area (TPSA) is 43.8 Å². The number of hydrogen-bond donors (Lipinski definition) is 1. The summed E-state index contributed by atoms with van der Waals surface area (Å²) in [6.45, 7) is 6.71. The van der Waals surface area contributed by atoms with E-state index in [9.17, 15) is 0 Å². The van der Waals surface area contributed by atoms with E-state index in [-0.39, 0.29) is 6.04 Å². The van der Waals surface area contributed by atoms with Gasteiger partial charge in [-0.2, -0.15) is 5.10 Å². The molecule has 0 fully saturated rings. The van der Waals surface area contributed by atoms with Crippen LogP contribution in [-0.4, -0.2) is 9.78 Å². The molecule has 0 aliphatic carbocycles. The average molecular weight is 264 g/mol. The molecule has 0 amide bonds. The van der Waals surface area contributed by atoms with Crippen LogP contribution < -0.4 is 5.73 Å². The molecule has 2 rings (SSSR count). The standard InChI is InChI=1S/C14H18ClN3/c1-9(16)14-10(2)17-18(11(14)3)8-12-6-4-5-7-13(12)15/h4-7,9H,8,16H2,1-3H3. The molecule has 1 aromatic heterocycles. The fraction of sp³-hybridized carbons (Fsp3) is 0.357. The molecule has 0 aliphatic rings. The minimum absolute atomic E-state index is 0.00463. The molecule has 0 spiro atoms. The predicted molar refractivity (Wildman–Crippen MR) is 74.9 cm³/mol. The number of halogens is 1. The molecule has 1 heterocycles. The van der Waals surface area contributed by atoms with Crippen LogP contribution in [0.4, 0.5) is 0 Å². The van der Waals surface area contributed by atoms with Crippen LogP contribution in [0.15, 0.2) is 24.3 Å². The molecule has 18 heavy (non-hydrogen) atoms. The van der Waals surface area contributed by atoms with E-state index in [0.29, 0.717) is 6.54 Å². The van der Waals surface area contributed by atoms with E-state index in [0.717, 1.165) is 27.5 Å². The van der Waals surface area contributed by atoms with Gasteiger partial charge in [0.2, 0.25) is 0 Å². The number of hydrogen-bond acceptors (Lipinski definition) is 2. The molecule has 96 valence electrons. The van der Waals surface area contributed by atoms with Crippen LogP contribution in [0.3, 0.4) is 0 Å². The number of benzene rings is 1. The quantitative estimate of drug-likeness (QED) is 0.924. The average Bonchev–Trinajstić information content (AvgIpc) is 2.57. The molecule has 1 aromatic carbocycles. The van der Waals surface area contributed by atoms with Crippen molar-refractivity contribution >= 4 is 11.6 Å². The van der Waals surface area contributed by atoms with Gasteiger partial charge in [-0.05, 0) is 32.4 Å². The lowest BCUT2D eigenvalue weighted by atomic mass is 10.1. The first-order valence-corrected chi connectivity index (χ1v) is 6.41. The summed E-state index contributed by atoms with van der Waals surface area (Å²) in [5.41, 5.74) is 10.3. The van der Waals surface area contributed by atoms with Gasteiger partial charge in [0.1, 0.15) is 0 Å². The molecule has 0 saturated carbocycles. The third kappa shape index (κ3) is 2.42. The Labute approximate surface area is 113 Å². The van der Waals surface area contributed by atoms with Gasteiger partial charge in [0, 0.05) is 22.3 Å². The van der Waals surface area contributed by atoms with Crippen molar-refractivity contribution < 1.29 is 0 Å². The second-order valence-electron chi connectivity index (χ2n) is 4.62. The number of rotatable bonds is 3. The first kappa shape index (κ1) is 13.1. The fourth-order valence-corrected chi connectivity index (χ4v) is 2.51. The van der Waals surface area contributed by atoms with E-state index in [1.54, 1.807) is 0 Å². The van der Waals surface area contributed by atoms with Crippen LogP contribution in [0.25, 0.3) is 0 Å². The lowest BCUT2D eigenvalue weighted by Gasteiger charge is -2.08. The van der Waals surface area contributed by atoms with Crippen LogP contribution in [0, 0.1) is 13.8 Å². The van der Waals surface area contributed by atoms with Crippen molar-refractivity contribution in [3.63, 3.8) is 0 Å². The Hall–Kier alpha value is -1.32. The highest BCUT2D eigenvalue weighted by atomic mass is 35.5. The first-order valence-electron chi connectivity index (χ1n) is 6.03. The van der Waals surface area contributed by atoms with E-state index >= 15 is 0 Å². The molecule has 1 unspecified atom stereocenters. The van der Waals surface area contributed by atoms with Gasteiger partial charge in [-0.3, -0.25) is 4.68 Å². The van der Waals surface area contributed by atoms with Gasteiger partial charge in [-0.15, -0.1) is 0 Å². The molecular formula is C14H18ClN3. The van der Waals surface area contributed by atoms with Crippen LogP contribution in [-0.2, 0) is 6.54 Å². The lowest BCUT2D eigenvalue weighted by Crippen LogP contribution is -2.09. The van der Waals surface area contributed by atoms with Crippen molar-refractivity contribution in [3.8, 4) is 0 Å². The van der Waals surface area contributed by atoms with E-state index in [1.807, 2.05) is 42.8 Å². The summed E-state index contributed by atoms with van der Waals surface area (Å²) in [6, 6.07) is 7.84. The summed E-state index contributed by atoms with van der Waals surface area (Å²) < 4.78 is 1.97. The lowest BCUT2D eigenvalue weighted by molar-refractivity contribution is 0.656. The molecule has 0 aliphatic heterocycles. The maximum atomic E-state index is 6.17. The van der Waals surface area contributed by atoms with Crippen LogP contribution in [0.2, 0.25) is 5.02 Å². The third-order valence-electron chi connectivity index (χ3n) is 3.17. The van der Waals surface area contributed by atoms with Crippen molar-refractivity contribution in [2.75, 3.05) is 0 Å². The smallest absolute Gasteiger partial charge is 0.0677 e. The fourth-order valence-electron chi connectivity index (χ4n) is 2.31. The van der Waals surface area contributed by atoms with Crippen LogP contribution in [0.1, 0.15) is 35.5 Å². The number of aryl methyl sites for hydroxylation is 1. The molecule has 0 bridgehead atoms. The first-order chi connectivity index (χ1) is 8.50. The summed E-state index contributed by atoms with van der Waals surface area (Å²) in [5, 5.41) is 5.32. The Morgan fingerprint density at radius 1 is 1.33 bits per heavy atom. The molecular weight excluding hydrogens is 246 g/mol. The van der Waals surface area contributed by atoms with Gasteiger partial charge in [0.25, 0.3) is 0 Å². The molecule has 0 saturated heterocycles. The Morgan fingerprint density at radius 2 is 2.00 bits per heavy atom. The van der Waals surface area contributed by atoms with Crippen molar-refractivity contribution in [2.45, 2.75) is 33.4 Å². The molecule has 2 aromatic rings. The van der Waals surface area contributed by atoms with Crippen LogP contribution >= 0.6 is 11.6 Å². The third-order valence-corrected chi connectivity index (χ3v) is 3.54. The summed E-state index contributed by atoms with van der Waals surface area (Å²) >= 11 is 6.17. The van der Waals surface area contributed by atoms with E-state index in [4.69, 9.17) is 17.3 Å². The second kappa shape index (κ2) is 5.12. The molecule has 0 radical (unpaired) electrons. The monoisotopic (exact) mass is 263 g/mol. The zero-order valence-electron chi connectivity index (χ0n) is 10.9. The second-order valence-corrected chi connectivity index (χ2v) is 5.03. The molecule has 3 nitrogen and oxygen atoms in total. The summed E-state index contributed by atoms with van der Waals surface area (Å²) in [4.78, 5) is 0. The number of nitrogens with two attached hydrogens (primary N) is 1. The van der Waals surface area contributed by atoms with Crippen molar-refractivity contribution in [1.82, 2.24) is 9.78 Å². The normalized spacial score (nSPS) is 12.7. The van der Waals surface area contributed by atoms with Gasteiger partial charge in [0.15, 0.2) is 0 Å². The highest BCUT2D eigenvalue weighted by Crippen LogP contribution is 2.22. The summed E-state index contributed by atoms with van der Waals surface area (Å²) in [5.74, 6) is 0. The largest absolute Gasteiger partial charge is 0.324 e. The minimum atomic E-state index is 0.00463. The maximum absolute atomic E-state index is 6.17. The minimum Gasteiger partial charge on any atom is -0.324 e. The van der Waals surface area contributed by atoms with Gasteiger partial charge in [0.05, 0.1) is 12.2 Å². The van der Waals surface area contributed by atoms with Crippen molar-refractivity contribution in [2.24, 2.45) is 5.73 Å². The number of nitrogens with zero attached hydrogens (tertiary/aromatic N) is 2. The van der Waals surface area contributed by atoms with Crippen LogP contribution in [0.5, 0.6) is 0 Å². The Balaban J connectivity index is 2.36. The van der Waals surface area contributed by atoms with Gasteiger partial charge >= 0.3 is 0 Å².